The molecule has 0 aliphatic heterocycles. The Bertz CT molecular complexity index is 341. The van der Waals surface area contributed by atoms with Crippen molar-refractivity contribution in [2.24, 2.45) is 11.7 Å². The number of unbranched alkanes of at least 4 members (excludes halogenated alkanes) is 1. The van der Waals surface area contributed by atoms with Crippen LogP contribution in [0.3, 0.4) is 0 Å². The Balaban J connectivity index is 2.56. The normalized spacial score (nSPS) is 25.8. The van der Waals surface area contributed by atoms with Gasteiger partial charge in [0.2, 0.25) is 10.0 Å². The fourth-order valence-corrected chi connectivity index (χ4v) is 3.88. The molecule has 0 aromatic rings. The van der Waals surface area contributed by atoms with E-state index in [1.54, 1.807) is 0 Å². The molecule has 0 bridgehead atoms. The van der Waals surface area contributed by atoms with Crippen LogP contribution in [0.15, 0.2) is 0 Å². The molecule has 0 amide bonds. The van der Waals surface area contributed by atoms with Gasteiger partial charge in [0, 0.05) is 12.0 Å². The van der Waals surface area contributed by atoms with Crippen LogP contribution in [-0.4, -0.2) is 25.2 Å². The first-order chi connectivity index (χ1) is 7.46. The fraction of sp³-hybridized carbons (Fsp3) is 0.900. The highest BCUT2D eigenvalue weighted by Gasteiger charge is 2.32. The molecule has 6 heteroatoms. The molecule has 1 saturated carbocycles. The maximum Gasteiger partial charge on any atom is 0.211 e. The predicted molar refractivity (Wildman–Crippen MR) is 69.7 cm³/mol. The first kappa shape index (κ1) is 13.9. The molecule has 0 aromatic carbocycles. The molecule has 16 heavy (non-hydrogen) atoms. The van der Waals surface area contributed by atoms with Gasteiger partial charge in [-0.15, -0.1) is 0 Å². The fourth-order valence-electron chi connectivity index (χ4n) is 2.07. The number of hydrogen-bond donors (Lipinski definition) is 2. The topological polar surface area (TPSA) is 72.2 Å². The average Bonchev–Trinajstić information content (AvgIpc) is 2.62. The van der Waals surface area contributed by atoms with Crippen molar-refractivity contribution in [1.82, 2.24) is 4.72 Å². The van der Waals surface area contributed by atoms with Crippen molar-refractivity contribution in [2.45, 2.75) is 45.1 Å². The lowest BCUT2D eigenvalue weighted by Gasteiger charge is -2.19. The zero-order valence-electron chi connectivity index (χ0n) is 9.61. The van der Waals surface area contributed by atoms with Crippen molar-refractivity contribution >= 4 is 27.2 Å². The maximum absolute atomic E-state index is 11.7. The first-order valence-corrected chi connectivity index (χ1v) is 7.81. The minimum absolute atomic E-state index is 0.0337. The first-order valence-electron chi connectivity index (χ1n) is 5.75. The van der Waals surface area contributed by atoms with Crippen LogP contribution in [-0.2, 0) is 10.0 Å². The monoisotopic (exact) mass is 264 g/mol. The maximum atomic E-state index is 11.7. The summed E-state index contributed by atoms with van der Waals surface area (Å²) in [4.78, 5) is 0.431. The Morgan fingerprint density at radius 3 is 2.75 bits per heavy atom. The lowest BCUT2D eigenvalue weighted by atomic mass is 10.1. The second kappa shape index (κ2) is 5.93. The van der Waals surface area contributed by atoms with Crippen LogP contribution in [0, 0.1) is 5.92 Å². The Morgan fingerprint density at radius 1 is 1.50 bits per heavy atom. The van der Waals surface area contributed by atoms with E-state index in [9.17, 15) is 8.42 Å². The van der Waals surface area contributed by atoms with Crippen LogP contribution in [0.1, 0.15) is 39.0 Å². The summed E-state index contributed by atoms with van der Waals surface area (Å²) in [5, 5.41) is 0. The van der Waals surface area contributed by atoms with E-state index in [2.05, 4.69) is 4.72 Å². The Hall–Kier alpha value is -0.200. The highest BCUT2D eigenvalue weighted by atomic mass is 32.2. The van der Waals surface area contributed by atoms with Gasteiger partial charge in [-0.2, -0.15) is 0 Å². The quantitative estimate of drug-likeness (QED) is 0.706. The van der Waals surface area contributed by atoms with Crippen LogP contribution >= 0.6 is 12.2 Å². The second-order valence-electron chi connectivity index (χ2n) is 4.34. The Kier molecular flexibility index (Phi) is 5.14. The molecule has 2 atom stereocenters. The number of sulfonamides is 1. The average molecular weight is 264 g/mol. The van der Waals surface area contributed by atoms with Gasteiger partial charge in [-0.05, 0) is 19.3 Å². The Labute approximate surface area is 103 Å². The summed E-state index contributed by atoms with van der Waals surface area (Å²) in [5.74, 6) is 0.232. The van der Waals surface area contributed by atoms with E-state index >= 15 is 0 Å². The lowest BCUT2D eigenvalue weighted by Crippen LogP contribution is -2.42. The minimum Gasteiger partial charge on any atom is -0.393 e. The van der Waals surface area contributed by atoms with Crippen molar-refractivity contribution in [3.05, 3.63) is 0 Å². The van der Waals surface area contributed by atoms with Crippen molar-refractivity contribution in [3.8, 4) is 0 Å². The van der Waals surface area contributed by atoms with E-state index in [0.29, 0.717) is 11.4 Å². The molecular weight excluding hydrogens is 244 g/mol. The number of hydrogen-bond acceptors (Lipinski definition) is 3. The molecular formula is C10H20N2O2S2. The third-order valence-corrected chi connectivity index (χ3v) is 4.77. The third kappa shape index (κ3) is 3.99. The predicted octanol–water partition coefficient (Wildman–Crippen LogP) is 1.16. The third-order valence-electron chi connectivity index (χ3n) is 2.98. The standard InChI is InChI=1S/C10H20N2O2S2/c1-2-3-7-16(13,14)12-9-6-4-5-8(9)10(11)15/h8-9,12H,2-7H2,1H3,(H2,11,15). The smallest absolute Gasteiger partial charge is 0.211 e. The zero-order chi connectivity index (χ0) is 12.2. The molecule has 4 nitrogen and oxygen atoms in total. The Morgan fingerprint density at radius 2 is 2.19 bits per heavy atom. The molecule has 0 aromatic heterocycles. The van der Waals surface area contributed by atoms with Crippen LogP contribution in [0.5, 0.6) is 0 Å². The van der Waals surface area contributed by atoms with Gasteiger partial charge in [0.25, 0.3) is 0 Å². The molecule has 0 saturated heterocycles. The van der Waals surface area contributed by atoms with E-state index in [0.717, 1.165) is 25.7 Å². The zero-order valence-corrected chi connectivity index (χ0v) is 11.2. The van der Waals surface area contributed by atoms with Crippen molar-refractivity contribution in [3.63, 3.8) is 0 Å². The van der Waals surface area contributed by atoms with Gasteiger partial charge >= 0.3 is 0 Å². The molecule has 2 unspecified atom stereocenters. The van der Waals surface area contributed by atoms with Gasteiger partial charge in [-0.25, -0.2) is 13.1 Å². The van der Waals surface area contributed by atoms with E-state index in [4.69, 9.17) is 18.0 Å². The molecule has 3 N–H and O–H groups in total. The number of thiocarbonyl (C=S) groups is 1. The van der Waals surface area contributed by atoms with E-state index in [1.807, 2.05) is 6.92 Å². The highest BCUT2D eigenvalue weighted by Crippen LogP contribution is 2.26. The molecule has 1 aliphatic carbocycles. The van der Waals surface area contributed by atoms with E-state index < -0.39 is 10.0 Å². The molecule has 0 heterocycles. The lowest BCUT2D eigenvalue weighted by molar-refractivity contribution is 0.523. The molecule has 0 spiro atoms. The van der Waals surface area contributed by atoms with Gasteiger partial charge in [0.15, 0.2) is 0 Å². The summed E-state index contributed by atoms with van der Waals surface area (Å²) in [6, 6.07) is -0.0839. The van der Waals surface area contributed by atoms with Gasteiger partial charge in [-0.1, -0.05) is 32.0 Å². The summed E-state index contributed by atoms with van der Waals surface area (Å²) in [5.41, 5.74) is 5.60. The van der Waals surface area contributed by atoms with Gasteiger partial charge in [0.1, 0.15) is 0 Å². The molecule has 0 radical (unpaired) electrons. The van der Waals surface area contributed by atoms with Crippen LogP contribution in [0.4, 0.5) is 0 Å². The summed E-state index contributed by atoms with van der Waals surface area (Å²) >= 11 is 4.95. The molecule has 1 aliphatic rings. The van der Waals surface area contributed by atoms with Crippen LogP contribution in [0.25, 0.3) is 0 Å². The number of nitrogens with one attached hydrogen (secondary N) is 1. The van der Waals surface area contributed by atoms with Crippen molar-refractivity contribution in [2.75, 3.05) is 5.75 Å². The van der Waals surface area contributed by atoms with Crippen molar-refractivity contribution in [1.29, 1.82) is 0 Å². The summed E-state index contributed by atoms with van der Waals surface area (Å²) in [6.45, 7) is 1.98. The van der Waals surface area contributed by atoms with E-state index in [1.165, 1.54) is 0 Å². The minimum atomic E-state index is -3.16. The summed E-state index contributed by atoms with van der Waals surface area (Å²) < 4.78 is 26.2. The van der Waals surface area contributed by atoms with Crippen molar-refractivity contribution < 1.29 is 8.42 Å². The van der Waals surface area contributed by atoms with Gasteiger partial charge in [-0.3, -0.25) is 0 Å². The molecule has 1 fully saturated rings. The SMILES string of the molecule is CCCCS(=O)(=O)NC1CCCC1C(N)=S. The highest BCUT2D eigenvalue weighted by molar-refractivity contribution is 7.89. The van der Waals surface area contributed by atoms with Gasteiger partial charge in [0.05, 0.1) is 10.7 Å². The molecule has 1 rings (SSSR count). The van der Waals surface area contributed by atoms with Crippen LogP contribution < -0.4 is 10.5 Å². The van der Waals surface area contributed by atoms with Gasteiger partial charge < -0.3 is 5.73 Å². The number of rotatable bonds is 6. The number of nitrogens with two attached hydrogens (primary N) is 1. The largest absolute Gasteiger partial charge is 0.393 e. The second-order valence-corrected chi connectivity index (χ2v) is 6.68. The summed E-state index contributed by atoms with van der Waals surface area (Å²) in [6.07, 6.45) is 4.30. The van der Waals surface area contributed by atoms with E-state index in [-0.39, 0.29) is 17.7 Å². The summed E-state index contributed by atoms with van der Waals surface area (Å²) in [7, 11) is -3.16. The molecule has 94 valence electrons. The van der Waals surface area contributed by atoms with Crippen LogP contribution in [0.2, 0.25) is 0 Å².